The van der Waals surface area contributed by atoms with Gasteiger partial charge in [-0.2, -0.15) is 0 Å². The van der Waals surface area contributed by atoms with Gasteiger partial charge in [-0.05, 0) is 94.2 Å². The van der Waals surface area contributed by atoms with Crippen molar-refractivity contribution < 1.29 is 13.6 Å². The van der Waals surface area contributed by atoms with Crippen molar-refractivity contribution in [2.24, 2.45) is 5.92 Å². The molecule has 1 amide bonds. The van der Waals surface area contributed by atoms with Crippen LogP contribution in [-0.2, 0) is 17.5 Å². The Kier molecular flexibility index (Phi) is 7.05. The van der Waals surface area contributed by atoms with E-state index in [0.29, 0.717) is 27.4 Å². The molecule has 3 aromatic rings. The molecule has 0 radical (unpaired) electrons. The second-order valence-corrected chi connectivity index (χ2v) is 12.6. The molecule has 1 unspecified atom stereocenters. The summed E-state index contributed by atoms with van der Waals surface area (Å²) in [5, 5.41) is 11.5. The van der Waals surface area contributed by atoms with Crippen molar-refractivity contribution >= 4 is 27.9 Å². The number of rotatable bonds is 7. The molecule has 2 aromatic heterocycles. The number of fused-ring (bicyclic) bond motifs is 1. The van der Waals surface area contributed by atoms with Crippen LogP contribution in [0.25, 0.3) is 22.3 Å². The molecule has 2 N–H and O–H groups in total. The molecule has 2 heterocycles. The Balaban J connectivity index is 1.56. The van der Waals surface area contributed by atoms with E-state index >= 15 is 0 Å². The van der Waals surface area contributed by atoms with E-state index in [1.54, 1.807) is 0 Å². The molecule has 194 valence electrons. The topological polar surface area (TPSA) is 102 Å². The van der Waals surface area contributed by atoms with Crippen LogP contribution in [0.5, 0.6) is 0 Å². The van der Waals surface area contributed by atoms with Crippen molar-refractivity contribution in [3.63, 3.8) is 0 Å². The first-order valence-electron chi connectivity index (χ1n) is 13.2. The van der Waals surface area contributed by atoms with Crippen LogP contribution < -0.4 is 10.0 Å². The molecule has 1 atom stereocenters. The molecule has 1 aromatic carbocycles. The molecule has 2 aliphatic carbocycles. The minimum absolute atomic E-state index is 0.0116. The van der Waals surface area contributed by atoms with E-state index in [1.807, 2.05) is 45.9 Å². The third kappa shape index (κ3) is 5.13. The molecule has 9 heteroatoms. The van der Waals surface area contributed by atoms with Gasteiger partial charge in [0, 0.05) is 29.4 Å². The first kappa shape index (κ1) is 25.1. The summed E-state index contributed by atoms with van der Waals surface area (Å²) in [5.41, 5.74) is 4.15. The van der Waals surface area contributed by atoms with Crippen molar-refractivity contribution in [3.05, 3.63) is 29.5 Å². The first-order chi connectivity index (χ1) is 17.2. The molecule has 0 spiro atoms. The third-order valence-electron chi connectivity index (χ3n) is 7.47. The molecule has 8 nitrogen and oxygen atoms in total. The summed E-state index contributed by atoms with van der Waals surface area (Å²) < 4.78 is 23.6. The van der Waals surface area contributed by atoms with E-state index in [-0.39, 0.29) is 17.5 Å². The van der Waals surface area contributed by atoms with Gasteiger partial charge in [0.15, 0.2) is 5.52 Å². The predicted octanol–water partition coefficient (Wildman–Crippen LogP) is 5.27. The Morgan fingerprint density at radius 1 is 1.08 bits per heavy atom. The summed E-state index contributed by atoms with van der Waals surface area (Å²) >= 11 is 0. The number of carbonyl (C=O) groups excluding carboxylic acids is 1. The monoisotopic (exact) mass is 511 g/mol. The molecule has 0 aliphatic heterocycles. The Labute approximate surface area is 215 Å². The fraction of sp³-hybridized carbons (Fsp3) is 0.593. The van der Waals surface area contributed by atoms with Crippen LogP contribution in [0, 0.1) is 12.8 Å². The second-order valence-electron chi connectivity index (χ2n) is 11.4. The Morgan fingerprint density at radius 2 is 1.81 bits per heavy atom. The zero-order valence-electron chi connectivity index (χ0n) is 21.7. The largest absolute Gasteiger partial charge is 0.349 e. The van der Waals surface area contributed by atoms with Crippen LogP contribution in [0.3, 0.4) is 0 Å². The van der Waals surface area contributed by atoms with E-state index < -0.39 is 11.0 Å². The molecule has 0 saturated heterocycles. The van der Waals surface area contributed by atoms with E-state index in [4.69, 9.17) is 4.63 Å². The lowest BCUT2D eigenvalue weighted by Gasteiger charge is -2.26. The van der Waals surface area contributed by atoms with Gasteiger partial charge in [0.1, 0.15) is 16.5 Å². The van der Waals surface area contributed by atoms with Crippen LogP contribution in [0.2, 0.25) is 0 Å². The summed E-state index contributed by atoms with van der Waals surface area (Å²) in [6.45, 7) is 8.80. The fourth-order valence-electron chi connectivity index (χ4n) is 5.31. The van der Waals surface area contributed by atoms with E-state index in [0.717, 1.165) is 36.3 Å². The highest BCUT2D eigenvalue weighted by molar-refractivity contribution is 7.83. The van der Waals surface area contributed by atoms with Gasteiger partial charge in [0.05, 0.1) is 16.2 Å². The Hall–Kier alpha value is -2.52. The number of hydrogen-bond donors (Lipinski definition) is 2. The van der Waals surface area contributed by atoms with Gasteiger partial charge in [-0.3, -0.25) is 4.79 Å². The Bertz CT molecular complexity index is 1280. The normalized spacial score (nSPS) is 18.3. The van der Waals surface area contributed by atoms with Crippen LogP contribution in [0.15, 0.2) is 27.7 Å². The highest BCUT2D eigenvalue weighted by Crippen LogP contribution is 2.35. The minimum Gasteiger partial charge on any atom is -0.349 e. The van der Waals surface area contributed by atoms with E-state index in [2.05, 4.69) is 24.9 Å². The SMILES string of the molecule is Cc1c(C(=O)NC2CCC2)cc(-c2ccc(S(=O)NC(C)(C)C)c3nonc23)n1CC1CCCCC1. The average molecular weight is 512 g/mol. The van der Waals surface area contributed by atoms with Crippen molar-refractivity contribution in [1.29, 1.82) is 0 Å². The zero-order chi connectivity index (χ0) is 25.4. The summed E-state index contributed by atoms with van der Waals surface area (Å²) in [4.78, 5) is 13.8. The fourth-order valence-corrected chi connectivity index (χ4v) is 6.48. The van der Waals surface area contributed by atoms with Crippen molar-refractivity contribution in [2.75, 3.05) is 0 Å². The molecular formula is C27H37N5O3S. The highest BCUT2D eigenvalue weighted by Gasteiger charge is 2.27. The van der Waals surface area contributed by atoms with Gasteiger partial charge >= 0.3 is 0 Å². The first-order valence-corrected chi connectivity index (χ1v) is 14.3. The lowest BCUT2D eigenvalue weighted by atomic mass is 9.89. The van der Waals surface area contributed by atoms with E-state index in [9.17, 15) is 9.00 Å². The van der Waals surface area contributed by atoms with Crippen molar-refractivity contribution in [3.8, 4) is 11.3 Å². The van der Waals surface area contributed by atoms with Crippen molar-refractivity contribution in [2.45, 2.75) is 102 Å². The number of benzene rings is 1. The van der Waals surface area contributed by atoms with Gasteiger partial charge < -0.3 is 9.88 Å². The maximum atomic E-state index is 13.2. The molecule has 2 saturated carbocycles. The summed E-state index contributed by atoms with van der Waals surface area (Å²) in [6.07, 6.45) is 9.50. The summed E-state index contributed by atoms with van der Waals surface area (Å²) in [7, 11) is -1.47. The minimum atomic E-state index is -1.47. The second kappa shape index (κ2) is 10.1. The standard InChI is InChI=1S/C27H37N5O3S/c1-17-21(26(33)28-19-11-8-12-19)15-22(32(17)16-18-9-6-5-7-10-18)20-13-14-23(25-24(20)29-35-30-25)36(34)31-27(2,3)4/h13-15,18-19,31H,5-12,16H2,1-4H3,(H,28,33). The molecular weight excluding hydrogens is 474 g/mol. The number of hydrogen-bond acceptors (Lipinski definition) is 5. The molecule has 2 fully saturated rings. The summed E-state index contributed by atoms with van der Waals surface area (Å²) in [5.74, 6) is 0.572. The molecule has 0 bridgehead atoms. The predicted molar refractivity (Wildman–Crippen MR) is 141 cm³/mol. The van der Waals surface area contributed by atoms with Gasteiger partial charge in [-0.25, -0.2) is 13.6 Å². The number of amides is 1. The highest BCUT2D eigenvalue weighted by atomic mass is 32.2. The molecule has 5 rings (SSSR count). The van der Waals surface area contributed by atoms with Crippen LogP contribution in [0.4, 0.5) is 0 Å². The summed E-state index contributed by atoms with van der Waals surface area (Å²) in [6, 6.07) is 6.03. The number of nitrogens with zero attached hydrogens (tertiary/aromatic N) is 3. The maximum Gasteiger partial charge on any atom is 0.253 e. The third-order valence-corrected chi connectivity index (χ3v) is 9.00. The number of aromatic nitrogens is 3. The van der Waals surface area contributed by atoms with E-state index in [1.165, 1.54) is 38.5 Å². The van der Waals surface area contributed by atoms with Gasteiger partial charge in [0.2, 0.25) is 0 Å². The quantitative estimate of drug-likeness (QED) is 0.450. The lowest BCUT2D eigenvalue weighted by molar-refractivity contribution is 0.0916. The smallest absolute Gasteiger partial charge is 0.253 e. The van der Waals surface area contributed by atoms with Crippen LogP contribution in [-0.4, -0.2) is 36.6 Å². The van der Waals surface area contributed by atoms with Crippen molar-refractivity contribution in [1.82, 2.24) is 24.9 Å². The number of nitrogens with one attached hydrogen (secondary N) is 2. The van der Waals surface area contributed by atoms with Crippen LogP contribution >= 0.6 is 0 Å². The Morgan fingerprint density at radius 3 is 2.47 bits per heavy atom. The maximum absolute atomic E-state index is 13.2. The van der Waals surface area contributed by atoms with Gasteiger partial charge in [0.25, 0.3) is 5.91 Å². The molecule has 2 aliphatic rings. The average Bonchev–Trinajstić information content (AvgIpc) is 3.41. The number of carbonyl (C=O) groups is 1. The zero-order valence-corrected chi connectivity index (χ0v) is 22.5. The van der Waals surface area contributed by atoms with Crippen LogP contribution in [0.1, 0.15) is 88.2 Å². The lowest BCUT2D eigenvalue weighted by Crippen LogP contribution is -2.39. The van der Waals surface area contributed by atoms with Gasteiger partial charge in [-0.15, -0.1) is 0 Å². The van der Waals surface area contributed by atoms with Gasteiger partial charge in [-0.1, -0.05) is 19.3 Å². The molecule has 36 heavy (non-hydrogen) atoms.